The van der Waals surface area contributed by atoms with E-state index < -0.39 is 17.7 Å². The predicted octanol–water partition coefficient (Wildman–Crippen LogP) is 1.45. The van der Waals surface area contributed by atoms with Crippen LogP contribution >= 0.6 is 0 Å². The van der Waals surface area contributed by atoms with Crippen LogP contribution in [0.25, 0.3) is 0 Å². The van der Waals surface area contributed by atoms with Crippen LogP contribution in [-0.4, -0.2) is 23.5 Å². The van der Waals surface area contributed by atoms with Crippen LogP contribution in [-0.2, 0) is 4.79 Å². The summed E-state index contributed by atoms with van der Waals surface area (Å²) in [7, 11) is 0. The first-order valence-corrected chi connectivity index (χ1v) is 5.45. The summed E-state index contributed by atoms with van der Waals surface area (Å²) in [4.78, 5) is 21.6. The third-order valence-electron chi connectivity index (χ3n) is 2.42. The maximum Gasteiger partial charge on any atom is 0.303 e. The van der Waals surface area contributed by atoms with Gasteiger partial charge in [-0.3, -0.25) is 9.59 Å². The zero-order chi connectivity index (χ0) is 13.7. The molecule has 5 nitrogen and oxygen atoms in total. The van der Waals surface area contributed by atoms with Crippen molar-refractivity contribution in [3.05, 3.63) is 29.6 Å². The van der Waals surface area contributed by atoms with Gasteiger partial charge >= 0.3 is 5.97 Å². The number of amides is 1. The van der Waals surface area contributed by atoms with E-state index in [0.29, 0.717) is 6.54 Å². The van der Waals surface area contributed by atoms with E-state index in [-0.39, 0.29) is 23.6 Å². The summed E-state index contributed by atoms with van der Waals surface area (Å²) >= 11 is 0. The average Bonchev–Trinajstić information content (AvgIpc) is 2.24. The molecule has 4 N–H and O–H groups in total. The molecule has 0 radical (unpaired) electrons. The Kier molecular flexibility index (Phi) is 4.65. The van der Waals surface area contributed by atoms with Gasteiger partial charge in [-0.05, 0) is 18.1 Å². The Morgan fingerprint density at radius 3 is 2.72 bits per heavy atom. The van der Waals surface area contributed by atoms with Gasteiger partial charge in [0.05, 0.1) is 5.56 Å². The van der Waals surface area contributed by atoms with E-state index in [9.17, 15) is 14.0 Å². The van der Waals surface area contributed by atoms with Crippen molar-refractivity contribution in [2.75, 3.05) is 11.9 Å². The van der Waals surface area contributed by atoms with Gasteiger partial charge in [-0.15, -0.1) is 0 Å². The van der Waals surface area contributed by atoms with E-state index in [4.69, 9.17) is 10.8 Å². The van der Waals surface area contributed by atoms with Crippen LogP contribution in [0.2, 0.25) is 0 Å². The van der Waals surface area contributed by atoms with Crippen LogP contribution in [0.5, 0.6) is 0 Å². The fourth-order valence-corrected chi connectivity index (χ4v) is 1.58. The predicted molar refractivity (Wildman–Crippen MR) is 64.8 cm³/mol. The van der Waals surface area contributed by atoms with Gasteiger partial charge in [0.2, 0.25) is 0 Å². The highest BCUT2D eigenvalue weighted by molar-refractivity contribution is 5.98. The number of aliphatic carboxylic acids is 1. The molecule has 0 saturated carbocycles. The molecule has 6 heteroatoms. The standard InChI is InChI=1S/C12H15FN2O3/c1-7(5-10(16)17)6-15-9-4-2-3-8(13)11(9)12(14)18/h2-4,7,15H,5-6H2,1H3,(H2,14,18)(H,16,17). The molecule has 0 spiro atoms. The van der Waals surface area contributed by atoms with E-state index in [2.05, 4.69) is 5.32 Å². The maximum atomic E-state index is 13.4. The second kappa shape index (κ2) is 6.00. The number of carbonyl (C=O) groups is 2. The van der Waals surface area contributed by atoms with Gasteiger partial charge < -0.3 is 16.2 Å². The number of carbonyl (C=O) groups excluding carboxylic acids is 1. The average molecular weight is 254 g/mol. The van der Waals surface area contributed by atoms with Crippen molar-refractivity contribution in [2.45, 2.75) is 13.3 Å². The number of hydrogen-bond donors (Lipinski definition) is 3. The molecule has 1 unspecified atom stereocenters. The molecule has 0 fully saturated rings. The molecule has 0 heterocycles. The summed E-state index contributed by atoms with van der Waals surface area (Å²) < 4.78 is 13.4. The molecule has 0 aromatic heterocycles. The maximum absolute atomic E-state index is 13.4. The molecule has 1 aromatic rings. The minimum atomic E-state index is -0.904. The monoisotopic (exact) mass is 254 g/mol. The molecule has 18 heavy (non-hydrogen) atoms. The minimum absolute atomic E-state index is 0.00573. The molecule has 1 aromatic carbocycles. The lowest BCUT2D eigenvalue weighted by Gasteiger charge is -2.14. The summed E-state index contributed by atoms with van der Waals surface area (Å²) in [6.07, 6.45) is -0.00573. The fourth-order valence-electron chi connectivity index (χ4n) is 1.58. The van der Waals surface area contributed by atoms with E-state index in [1.165, 1.54) is 12.1 Å². The largest absolute Gasteiger partial charge is 0.481 e. The zero-order valence-electron chi connectivity index (χ0n) is 9.94. The van der Waals surface area contributed by atoms with Gasteiger partial charge in [0, 0.05) is 18.7 Å². The molecular weight excluding hydrogens is 239 g/mol. The van der Waals surface area contributed by atoms with Crippen LogP contribution in [0.3, 0.4) is 0 Å². The molecule has 0 aliphatic rings. The topological polar surface area (TPSA) is 92.4 Å². The second-order valence-corrected chi connectivity index (χ2v) is 4.11. The van der Waals surface area contributed by atoms with Crippen molar-refractivity contribution >= 4 is 17.6 Å². The Balaban J connectivity index is 2.76. The van der Waals surface area contributed by atoms with Crippen molar-refractivity contribution in [3.8, 4) is 0 Å². The molecule has 98 valence electrons. The third kappa shape index (κ3) is 3.73. The summed E-state index contributed by atoms with van der Waals surface area (Å²) in [5.74, 6) is -2.61. The molecular formula is C12H15FN2O3. The Morgan fingerprint density at radius 1 is 1.50 bits per heavy atom. The van der Waals surface area contributed by atoms with Crippen molar-refractivity contribution in [1.29, 1.82) is 0 Å². The first-order chi connectivity index (χ1) is 8.41. The highest BCUT2D eigenvalue weighted by Gasteiger charge is 2.14. The number of carboxylic acids is 1. The van der Waals surface area contributed by atoms with Gasteiger partial charge in [-0.2, -0.15) is 0 Å². The number of hydrogen-bond acceptors (Lipinski definition) is 3. The highest BCUT2D eigenvalue weighted by atomic mass is 19.1. The van der Waals surface area contributed by atoms with Crippen LogP contribution in [0, 0.1) is 11.7 Å². The van der Waals surface area contributed by atoms with Crippen molar-refractivity contribution < 1.29 is 19.1 Å². The lowest BCUT2D eigenvalue weighted by Crippen LogP contribution is -2.20. The second-order valence-electron chi connectivity index (χ2n) is 4.11. The summed E-state index contributed by atoms with van der Waals surface area (Å²) in [5, 5.41) is 11.4. The lowest BCUT2D eigenvalue weighted by atomic mass is 10.1. The summed E-state index contributed by atoms with van der Waals surface area (Å²) in [6, 6.07) is 4.12. The normalized spacial score (nSPS) is 11.9. The van der Waals surface area contributed by atoms with E-state index >= 15 is 0 Å². The molecule has 0 saturated heterocycles. The third-order valence-corrected chi connectivity index (χ3v) is 2.42. The first kappa shape index (κ1) is 14.0. The minimum Gasteiger partial charge on any atom is -0.481 e. The number of halogens is 1. The molecule has 0 aliphatic heterocycles. The summed E-state index contributed by atoms with van der Waals surface area (Å²) in [6.45, 7) is 2.06. The fraction of sp³-hybridized carbons (Fsp3) is 0.333. The number of benzene rings is 1. The Morgan fingerprint density at radius 2 is 2.17 bits per heavy atom. The molecule has 1 rings (SSSR count). The van der Waals surface area contributed by atoms with Crippen LogP contribution in [0.15, 0.2) is 18.2 Å². The van der Waals surface area contributed by atoms with E-state index in [0.717, 1.165) is 6.07 Å². The number of nitrogens with one attached hydrogen (secondary N) is 1. The van der Waals surface area contributed by atoms with Gasteiger partial charge in [0.25, 0.3) is 5.91 Å². The van der Waals surface area contributed by atoms with Gasteiger partial charge in [-0.25, -0.2) is 4.39 Å². The number of primary amides is 1. The van der Waals surface area contributed by atoms with Gasteiger partial charge in [0.15, 0.2) is 0 Å². The molecule has 0 aliphatic carbocycles. The number of nitrogens with two attached hydrogens (primary N) is 1. The summed E-state index contributed by atoms with van der Waals surface area (Å²) in [5.41, 5.74) is 5.16. The number of carboxylic acid groups (broad SMARTS) is 1. The SMILES string of the molecule is CC(CNc1cccc(F)c1C(N)=O)CC(=O)O. The molecule has 0 bridgehead atoms. The smallest absolute Gasteiger partial charge is 0.303 e. The number of rotatable bonds is 6. The highest BCUT2D eigenvalue weighted by Crippen LogP contribution is 2.19. The first-order valence-electron chi connectivity index (χ1n) is 5.45. The Bertz CT molecular complexity index is 463. The van der Waals surface area contributed by atoms with E-state index in [1.54, 1.807) is 6.92 Å². The van der Waals surface area contributed by atoms with Crippen molar-refractivity contribution in [2.24, 2.45) is 11.7 Å². The van der Waals surface area contributed by atoms with Crippen LogP contribution in [0.4, 0.5) is 10.1 Å². The number of anilines is 1. The quantitative estimate of drug-likeness (QED) is 0.716. The zero-order valence-corrected chi connectivity index (χ0v) is 9.94. The van der Waals surface area contributed by atoms with Crippen molar-refractivity contribution in [1.82, 2.24) is 0 Å². The van der Waals surface area contributed by atoms with Crippen LogP contribution in [0.1, 0.15) is 23.7 Å². The Hall–Kier alpha value is -2.11. The Labute approximate surface area is 104 Å². The van der Waals surface area contributed by atoms with Crippen LogP contribution < -0.4 is 11.1 Å². The van der Waals surface area contributed by atoms with Crippen molar-refractivity contribution in [3.63, 3.8) is 0 Å². The van der Waals surface area contributed by atoms with E-state index in [1.807, 2.05) is 0 Å². The molecule has 1 atom stereocenters. The lowest BCUT2D eigenvalue weighted by molar-refractivity contribution is -0.137. The van der Waals surface area contributed by atoms with Gasteiger partial charge in [-0.1, -0.05) is 13.0 Å². The molecule has 1 amide bonds. The van der Waals surface area contributed by atoms with Gasteiger partial charge in [0.1, 0.15) is 5.82 Å².